The number of aromatic nitrogens is 1. The van der Waals surface area contributed by atoms with E-state index in [1.54, 1.807) is 13.1 Å². The lowest BCUT2D eigenvalue weighted by molar-refractivity contribution is -0.143. The Labute approximate surface area is 225 Å². The first-order valence-electron chi connectivity index (χ1n) is 13.1. The molecular weight excluding hydrogens is 540 g/mol. The van der Waals surface area contributed by atoms with Gasteiger partial charge in [0.1, 0.15) is 0 Å². The minimum absolute atomic E-state index is 0.0829. The summed E-state index contributed by atoms with van der Waals surface area (Å²) < 4.78 is 86.1. The molecule has 1 aliphatic heterocycles. The summed E-state index contributed by atoms with van der Waals surface area (Å²) >= 11 is 0. The molecule has 1 N–H and O–H groups in total. The number of nitrogens with one attached hydrogen (secondary N) is 1. The smallest absolute Gasteiger partial charge is 0.408 e. The molecule has 2 heterocycles. The Hall–Kier alpha value is -3.28. The minimum atomic E-state index is -4.95. The number of hydrogen-bond donors (Lipinski definition) is 1. The topological polar surface area (TPSA) is 67.5 Å². The molecule has 0 bridgehead atoms. The van der Waals surface area contributed by atoms with Crippen molar-refractivity contribution in [3.05, 3.63) is 69.2 Å². The number of halogens is 6. The summed E-state index contributed by atoms with van der Waals surface area (Å²) in [5.41, 5.74) is -1.62. The predicted molar refractivity (Wildman–Crippen MR) is 134 cm³/mol. The molecule has 1 aromatic heterocycles. The van der Waals surface area contributed by atoms with Crippen LogP contribution in [0.15, 0.2) is 45.6 Å². The quantitative estimate of drug-likeness (QED) is 0.362. The summed E-state index contributed by atoms with van der Waals surface area (Å²) in [6.45, 7) is 1.38. The van der Waals surface area contributed by atoms with Gasteiger partial charge in [0, 0.05) is 20.1 Å². The first-order chi connectivity index (χ1) is 18.7. The molecule has 216 valence electrons. The average molecular weight is 570 g/mol. The molecule has 0 unspecified atom stereocenters. The second-order valence-electron chi connectivity index (χ2n) is 11.0. The molecule has 1 amide bonds. The van der Waals surface area contributed by atoms with Gasteiger partial charge in [-0.25, -0.2) is 4.79 Å². The van der Waals surface area contributed by atoms with E-state index in [0.717, 1.165) is 18.4 Å². The number of alkyl halides is 6. The number of hydrogen-bond acceptors (Lipinski definition) is 4. The van der Waals surface area contributed by atoms with Crippen LogP contribution in [0.1, 0.15) is 54.4 Å². The summed E-state index contributed by atoms with van der Waals surface area (Å²) in [6.07, 6.45) is -6.19. The van der Waals surface area contributed by atoms with E-state index in [9.17, 15) is 35.9 Å². The molecule has 1 aliphatic carbocycles. The number of carbonyl (C=O) groups is 1. The number of nitrogens with zero attached hydrogens (tertiary/aromatic N) is 2. The van der Waals surface area contributed by atoms with E-state index in [1.165, 1.54) is 4.57 Å². The van der Waals surface area contributed by atoms with Crippen molar-refractivity contribution in [2.24, 2.45) is 18.4 Å². The van der Waals surface area contributed by atoms with Crippen molar-refractivity contribution in [3.8, 4) is 0 Å². The van der Waals surface area contributed by atoms with Gasteiger partial charge in [-0.15, -0.1) is 0 Å². The maximum Gasteiger partial charge on any atom is 0.419 e. The largest absolute Gasteiger partial charge is 0.419 e. The van der Waals surface area contributed by atoms with Crippen LogP contribution in [-0.2, 0) is 37.3 Å². The number of benzene rings is 2. The zero-order valence-electron chi connectivity index (χ0n) is 21.8. The molecule has 2 aromatic carbocycles. The third kappa shape index (κ3) is 6.06. The normalized spacial score (nSPS) is 18.3. The fraction of sp³-hybridized carbons (Fsp3) is 0.500. The number of oxazole rings is 1. The Balaban J connectivity index is 1.27. The van der Waals surface area contributed by atoms with Gasteiger partial charge in [-0.1, -0.05) is 18.9 Å². The molecule has 2 aliphatic rings. The molecule has 2 fully saturated rings. The summed E-state index contributed by atoms with van der Waals surface area (Å²) in [7, 11) is 1.63. The van der Waals surface area contributed by atoms with Crippen LogP contribution in [0.5, 0.6) is 0 Å². The van der Waals surface area contributed by atoms with Crippen molar-refractivity contribution in [1.82, 2.24) is 14.8 Å². The van der Waals surface area contributed by atoms with Crippen LogP contribution < -0.4 is 11.1 Å². The van der Waals surface area contributed by atoms with Crippen LogP contribution in [-0.4, -0.2) is 28.5 Å². The van der Waals surface area contributed by atoms with Crippen molar-refractivity contribution in [3.63, 3.8) is 0 Å². The average Bonchev–Trinajstić information content (AvgIpc) is 3.66. The number of likely N-dealkylation sites (tertiary alicyclic amines) is 1. The van der Waals surface area contributed by atoms with Gasteiger partial charge in [0.15, 0.2) is 5.58 Å². The Morgan fingerprint density at radius 3 is 2.17 bits per heavy atom. The Morgan fingerprint density at radius 2 is 1.60 bits per heavy atom. The standard InChI is InChI=1S/C28H29F6N3O3/c1-36-22-12-18(4-5-23(22)40-25(36)39)16-37-8-6-26(7-9-37,14-17-2-3-17)24(38)35-15-19-10-20(27(29,30)31)13-21(11-19)28(32,33)34/h4-5,10-13,17H,2-3,6-9,14-16H2,1H3,(H,35,38). The number of rotatable bonds is 7. The second kappa shape index (κ2) is 10.3. The van der Waals surface area contributed by atoms with Gasteiger partial charge in [-0.05, 0) is 79.7 Å². The highest BCUT2D eigenvalue weighted by Gasteiger charge is 2.45. The number of carbonyl (C=O) groups excluding carboxylic acids is 1. The van der Waals surface area contributed by atoms with Gasteiger partial charge in [0.05, 0.1) is 22.1 Å². The van der Waals surface area contributed by atoms with Gasteiger partial charge in [-0.2, -0.15) is 26.3 Å². The maximum atomic E-state index is 13.5. The van der Waals surface area contributed by atoms with Gasteiger partial charge < -0.3 is 9.73 Å². The van der Waals surface area contributed by atoms with Crippen molar-refractivity contribution >= 4 is 17.0 Å². The van der Waals surface area contributed by atoms with Crippen molar-refractivity contribution < 1.29 is 35.6 Å². The number of aryl methyl sites for hydroxylation is 1. The van der Waals surface area contributed by atoms with Crippen molar-refractivity contribution in [2.75, 3.05) is 13.1 Å². The van der Waals surface area contributed by atoms with Crippen LogP contribution in [0, 0.1) is 11.3 Å². The maximum absolute atomic E-state index is 13.5. The highest BCUT2D eigenvalue weighted by Crippen LogP contribution is 2.46. The molecule has 6 nitrogen and oxygen atoms in total. The lowest BCUT2D eigenvalue weighted by Crippen LogP contribution is -2.48. The zero-order chi connectivity index (χ0) is 28.9. The molecule has 40 heavy (non-hydrogen) atoms. The summed E-state index contributed by atoms with van der Waals surface area (Å²) in [6, 6.07) is 6.91. The number of fused-ring (bicyclic) bond motifs is 1. The Morgan fingerprint density at radius 1 is 0.975 bits per heavy atom. The van der Waals surface area contributed by atoms with Gasteiger partial charge in [-0.3, -0.25) is 14.3 Å². The summed E-state index contributed by atoms with van der Waals surface area (Å²) in [4.78, 5) is 27.4. The van der Waals surface area contributed by atoms with E-state index in [2.05, 4.69) is 10.2 Å². The first-order valence-corrected chi connectivity index (χ1v) is 13.1. The molecule has 1 saturated heterocycles. The van der Waals surface area contributed by atoms with Crippen LogP contribution in [0.2, 0.25) is 0 Å². The van der Waals surface area contributed by atoms with Gasteiger partial charge in [0.25, 0.3) is 0 Å². The van der Waals surface area contributed by atoms with Crippen LogP contribution in [0.3, 0.4) is 0 Å². The van der Waals surface area contributed by atoms with E-state index in [4.69, 9.17) is 4.42 Å². The third-order valence-corrected chi connectivity index (χ3v) is 8.03. The second-order valence-corrected chi connectivity index (χ2v) is 11.0. The van der Waals surface area contributed by atoms with Gasteiger partial charge >= 0.3 is 18.1 Å². The fourth-order valence-corrected chi connectivity index (χ4v) is 5.56. The van der Waals surface area contributed by atoms with Crippen LogP contribution >= 0.6 is 0 Å². The van der Waals surface area contributed by atoms with E-state index in [-0.39, 0.29) is 17.5 Å². The van der Waals surface area contributed by atoms with E-state index in [0.29, 0.717) is 68.0 Å². The Bertz CT molecular complexity index is 1430. The number of piperidine rings is 1. The van der Waals surface area contributed by atoms with E-state index >= 15 is 0 Å². The Kier molecular flexibility index (Phi) is 7.26. The molecule has 12 heteroatoms. The monoisotopic (exact) mass is 569 g/mol. The molecule has 0 spiro atoms. The lowest BCUT2D eigenvalue weighted by Gasteiger charge is -2.41. The molecular formula is C28H29F6N3O3. The van der Waals surface area contributed by atoms with Crippen molar-refractivity contribution in [2.45, 2.75) is 57.5 Å². The van der Waals surface area contributed by atoms with Gasteiger partial charge in [0.2, 0.25) is 5.91 Å². The lowest BCUT2D eigenvalue weighted by atomic mass is 9.73. The van der Waals surface area contributed by atoms with E-state index < -0.39 is 41.2 Å². The van der Waals surface area contributed by atoms with Crippen LogP contribution in [0.4, 0.5) is 26.3 Å². The molecule has 0 radical (unpaired) electrons. The molecule has 3 aromatic rings. The predicted octanol–water partition coefficient (Wildman–Crippen LogP) is 5.87. The third-order valence-electron chi connectivity index (χ3n) is 8.03. The minimum Gasteiger partial charge on any atom is -0.408 e. The highest BCUT2D eigenvalue weighted by atomic mass is 19.4. The number of amides is 1. The summed E-state index contributed by atoms with van der Waals surface area (Å²) in [5.74, 6) is -0.381. The first kappa shape index (κ1) is 28.3. The van der Waals surface area contributed by atoms with Crippen molar-refractivity contribution in [1.29, 1.82) is 0 Å². The molecule has 1 saturated carbocycles. The molecule has 0 atom stereocenters. The SMILES string of the molecule is Cn1c(=O)oc2ccc(CN3CCC(CC4CC4)(C(=O)NCc4cc(C(F)(F)F)cc(C(F)(F)F)c4)CC3)cc21. The molecule has 5 rings (SSSR count). The van der Waals surface area contributed by atoms with Crippen LogP contribution in [0.25, 0.3) is 11.1 Å². The van der Waals surface area contributed by atoms with E-state index in [1.807, 2.05) is 12.1 Å². The summed E-state index contributed by atoms with van der Waals surface area (Å²) in [5, 5.41) is 2.66. The highest BCUT2D eigenvalue weighted by molar-refractivity contribution is 5.83. The zero-order valence-corrected chi connectivity index (χ0v) is 21.8. The fourth-order valence-electron chi connectivity index (χ4n) is 5.56.